The van der Waals surface area contributed by atoms with Crippen molar-refractivity contribution in [3.05, 3.63) is 11.1 Å². The lowest BCUT2D eigenvalue weighted by atomic mass is 10.5. The van der Waals surface area contributed by atoms with E-state index in [1.165, 1.54) is 6.33 Å². The van der Waals surface area contributed by atoms with E-state index < -0.39 is 0 Å². The van der Waals surface area contributed by atoms with Gasteiger partial charge >= 0.3 is 0 Å². The third-order valence-electron chi connectivity index (χ3n) is 1.35. The van der Waals surface area contributed by atoms with Crippen LogP contribution in [-0.4, -0.2) is 19.9 Å². The summed E-state index contributed by atoms with van der Waals surface area (Å²) in [4.78, 5) is 13.4. The highest BCUT2D eigenvalue weighted by atomic mass is 32.1. The molecule has 6 heteroatoms. The van der Waals surface area contributed by atoms with E-state index >= 15 is 0 Å². The molecule has 4 N–H and O–H groups in total. The highest BCUT2D eigenvalue weighted by molar-refractivity contribution is 7.71. The summed E-state index contributed by atoms with van der Waals surface area (Å²) in [6.07, 6.45) is 1.39. The van der Waals surface area contributed by atoms with Crippen LogP contribution in [-0.2, 0) is 0 Å². The Bertz CT molecular complexity index is 443. The lowest BCUT2D eigenvalue weighted by Gasteiger charge is -1.89. The molecule has 0 saturated heterocycles. The predicted molar refractivity (Wildman–Crippen MR) is 54.8 cm³/mol. The number of hydrogen-bond donors (Lipinski definition) is 3. The first-order valence-corrected chi connectivity index (χ1v) is 4.36. The van der Waals surface area contributed by atoms with E-state index in [0.29, 0.717) is 21.8 Å². The smallest absolute Gasteiger partial charge is 0.176 e. The molecule has 0 amide bonds. The van der Waals surface area contributed by atoms with Gasteiger partial charge in [0.2, 0.25) is 0 Å². The molecule has 0 spiro atoms. The molecule has 0 saturated carbocycles. The summed E-state index contributed by atoms with van der Waals surface area (Å²) in [6.45, 7) is 4.00. The highest BCUT2D eigenvalue weighted by Crippen LogP contribution is 2.10. The Labute approximate surface area is 80.4 Å². The molecule has 0 bridgehead atoms. The summed E-state index contributed by atoms with van der Waals surface area (Å²) >= 11 is 4.84. The largest absolute Gasteiger partial charge is 0.382 e. The van der Waals surface area contributed by atoms with Crippen molar-refractivity contribution < 1.29 is 0 Å². The van der Waals surface area contributed by atoms with Gasteiger partial charge in [-0.15, -0.1) is 0 Å². The maximum absolute atomic E-state index is 5.52. The van der Waals surface area contributed by atoms with Gasteiger partial charge in [0.1, 0.15) is 11.8 Å². The van der Waals surface area contributed by atoms with E-state index in [9.17, 15) is 0 Å². The standard InChI is InChI=1S/C5H5N5S.C2H6/c6-3-2-4(8-1-7-3)10-5(11)9-2;1-2/h1H,(H4,6,7,8,9,10,11);1-2H3. The molecule has 0 aromatic carbocycles. The molecule has 0 aliphatic rings. The molecule has 2 aromatic heterocycles. The van der Waals surface area contributed by atoms with Gasteiger partial charge in [0.05, 0.1) is 0 Å². The number of fused-ring (bicyclic) bond motifs is 1. The topological polar surface area (TPSA) is 83.4 Å². The average Bonchev–Trinajstić information content (AvgIpc) is 2.51. The Kier molecular flexibility index (Phi) is 2.97. The van der Waals surface area contributed by atoms with E-state index in [2.05, 4.69) is 19.9 Å². The third-order valence-corrected chi connectivity index (χ3v) is 1.55. The normalized spacial score (nSPS) is 9.38. The molecular formula is C7H11N5S. The first-order chi connectivity index (χ1) is 6.27. The van der Waals surface area contributed by atoms with Crippen LogP contribution < -0.4 is 5.73 Å². The second-order valence-electron chi connectivity index (χ2n) is 2.06. The third kappa shape index (κ3) is 1.83. The fourth-order valence-electron chi connectivity index (χ4n) is 0.870. The summed E-state index contributed by atoms with van der Waals surface area (Å²) < 4.78 is 0.507. The van der Waals surface area contributed by atoms with Gasteiger partial charge < -0.3 is 15.7 Å². The fourth-order valence-corrected chi connectivity index (χ4v) is 1.07. The number of hydrogen-bond acceptors (Lipinski definition) is 4. The van der Waals surface area contributed by atoms with Gasteiger partial charge in [-0.05, 0) is 12.2 Å². The molecule has 0 radical (unpaired) electrons. The minimum Gasteiger partial charge on any atom is -0.382 e. The van der Waals surface area contributed by atoms with Crippen molar-refractivity contribution in [3.8, 4) is 0 Å². The number of nitrogens with one attached hydrogen (secondary N) is 2. The van der Waals surface area contributed by atoms with Gasteiger partial charge in [0, 0.05) is 0 Å². The molecule has 2 rings (SSSR count). The Morgan fingerprint density at radius 3 is 2.62 bits per heavy atom. The molecule has 5 nitrogen and oxygen atoms in total. The van der Waals surface area contributed by atoms with Crippen molar-refractivity contribution in [2.75, 3.05) is 5.73 Å². The summed E-state index contributed by atoms with van der Waals surface area (Å²) in [5.41, 5.74) is 6.83. The number of anilines is 1. The maximum Gasteiger partial charge on any atom is 0.176 e. The van der Waals surface area contributed by atoms with Crippen LogP contribution in [0.4, 0.5) is 5.82 Å². The minimum atomic E-state index is 0.405. The number of nitrogens with zero attached hydrogens (tertiary/aromatic N) is 2. The van der Waals surface area contributed by atoms with Gasteiger partial charge in [-0.25, -0.2) is 9.97 Å². The summed E-state index contributed by atoms with van der Waals surface area (Å²) in [7, 11) is 0. The second-order valence-corrected chi connectivity index (χ2v) is 2.47. The van der Waals surface area contributed by atoms with Crippen molar-refractivity contribution in [2.45, 2.75) is 13.8 Å². The zero-order valence-electron chi connectivity index (χ0n) is 7.46. The summed E-state index contributed by atoms with van der Waals surface area (Å²) in [6, 6.07) is 0. The quantitative estimate of drug-likeness (QED) is 0.560. The molecular weight excluding hydrogens is 186 g/mol. The van der Waals surface area contributed by atoms with Crippen LogP contribution >= 0.6 is 12.2 Å². The first kappa shape index (κ1) is 9.66. The summed E-state index contributed by atoms with van der Waals surface area (Å²) in [5.74, 6) is 0.405. The molecule has 0 aliphatic heterocycles. The molecule has 2 aromatic rings. The maximum atomic E-state index is 5.52. The van der Waals surface area contributed by atoms with Crippen molar-refractivity contribution >= 4 is 29.2 Å². The first-order valence-electron chi connectivity index (χ1n) is 3.96. The van der Waals surface area contributed by atoms with Crippen molar-refractivity contribution in [1.82, 2.24) is 19.9 Å². The van der Waals surface area contributed by atoms with Gasteiger partial charge in [-0.3, -0.25) is 0 Å². The van der Waals surface area contributed by atoms with Crippen LogP contribution in [0.2, 0.25) is 0 Å². The lowest BCUT2D eigenvalue weighted by molar-refractivity contribution is 1.20. The average molecular weight is 197 g/mol. The van der Waals surface area contributed by atoms with Crippen LogP contribution in [0.15, 0.2) is 6.33 Å². The molecule has 0 atom stereocenters. The van der Waals surface area contributed by atoms with Crippen molar-refractivity contribution in [3.63, 3.8) is 0 Å². The van der Waals surface area contributed by atoms with Crippen LogP contribution in [0.1, 0.15) is 13.8 Å². The second kappa shape index (κ2) is 3.99. The van der Waals surface area contributed by atoms with E-state index in [1.54, 1.807) is 0 Å². The minimum absolute atomic E-state index is 0.405. The Hall–Kier alpha value is -1.43. The number of aromatic amines is 2. The number of nitrogen functional groups attached to an aromatic ring is 1. The molecule has 0 fully saturated rings. The van der Waals surface area contributed by atoms with Crippen molar-refractivity contribution in [1.29, 1.82) is 0 Å². The number of H-pyrrole nitrogens is 2. The number of rotatable bonds is 0. The van der Waals surface area contributed by atoms with Gasteiger partial charge in [-0.2, -0.15) is 0 Å². The monoisotopic (exact) mass is 197 g/mol. The lowest BCUT2D eigenvalue weighted by Crippen LogP contribution is -1.91. The van der Waals surface area contributed by atoms with E-state index in [1.807, 2.05) is 13.8 Å². The molecule has 2 heterocycles. The Balaban J connectivity index is 0.000000396. The predicted octanol–water partition coefficient (Wildman–Crippen LogP) is 1.62. The van der Waals surface area contributed by atoms with Crippen LogP contribution in [0, 0.1) is 4.77 Å². The zero-order chi connectivity index (χ0) is 9.84. The number of nitrogens with two attached hydrogens (primary N) is 1. The van der Waals surface area contributed by atoms with E-state index in [-0.39, 0.29) is 0 Å². The molecule has 70 valence electrons. The summed E-state index contributed by atoms with van der Waals surface area (Å²) in [5, 5.41) is 0. The van der Waals surface area contributed by atoms with Gasteiger partial charge in [0.15, 0.2) is 16.2 Å². The number of aromatic nitrogens is 4. The molecule has 0 aliphatic carbocycles. The van der Waals surface area contributed by atoms with E-state index in [0.717, 1.165) is 0 Å². The Morgan fingerprint density at radius 2 is 2.00 bits per heavy atom. The van der Waals surface area contributed by atoms with Crippen molar-refractivity contribution in [2.24, 2.45) is 0 Å². The molecule has 0 unspecified atom stereocenters. The highest BCUT2D eigenvalue weighted by Gasteiger charge is 2.00. The van der Waals surface area contributed by atoms with Crippen LogP contribution in [0.5, 0.6) is 0 Å². The van der Waals surface area contributed by atoms with Crippen LogP contribution in [0.25, 0.3) is 11.2 Å². The van der Waals surface area contributed by atoms with Gasteiger partial charge in [-0.1, -0.05) is 13.8 Å². The van der Waals surface area contributed by atoms with E-state index in [4.69, 9.17) is 18.0 Å². The number of imidazole rings is 1. The Morgan fingerprint density at radius 1 is 1.31 bits per heavy atom. The zero-order valence-corrected chi connectivity index (χ0v) is 8.27. The van der Waals surface area contributed by atoms with Gasteiger partial charge in [0.25, 0.3) is 0 Å². The van der Waals surface area contributed by atoms with Crippen LogP contribution in [0.3, 0.4) is 0 Å². The molecule has 13 heavy (non-hydrogen) atoms. The fraction of sp³-hybridized carbons (Fsp3) is 0.286. The SMILES string of the molecule is CC.Nc1ncnc2[nH]c(=S)[nH]c12.